The fraction of sp³-hybridized carbons (Fsp3) is 0.0714. The minimum absolute atomic E-state index is 0.145. The van der Waals surface area contributed by atoms with E-state index in [0.717, 1.165) is 3.57 Å². The molecular weight excluding hydrogens is 376 g/mol. The van der Waals surface area contributed by atoms with Crippen LogP contribution in [0, 0.1) is 9.39 Å². The Hall–Kier alpha value is -1.83. The lowest BCUT2D eigenvalue weighted by Gasteiger charge is -2.07. The SMILES string of the molecule is O=C(Nc1ccc(I)cc1F)c1ccc2c(c1)OCO2. The molecule has 0 radical (unpaired) electrons. The van der Waals surface area contributed by atoms with Crippen molar-refractivity contribution in [2.45, 2.75) is 0 Å². The highest BCUT2D eigenvalue weighted by molar-refractivity contribution is 14.1. The summed E-state index contributed by atoms with van der Waals surface area (Å²) in [5.41, 5.74) is 0.528. The molecule has 0 saturated heterocycles. The molecule has 0 aliphatic carbocycles. The van der Waals surface area contributed by atoms with E-state index in [-0.39, 0.29) is 12.5 Å². The number of carbonyl (C=O) groups excluding carboxylic acids is 1. The Bertz CT molecular complexity index is 690. The highest BCUT2D eigenvalue weighted by Crippen LogP contribution is 2.32. The van der Waals surface area contributed by atoms with Gasteiger partial charge in [-0.15, -0.1) is 0 Å². The number of ether oxygens (including phenoxy) is 2. The summed E-state index contributed by atoms with van der Waals surface area (Å²) < 4.78 is 24.8. The average Bonchev–Trinajstić information content (AvgIpc) is 2.89. The van der Waals surface area contributed by atoms with Crippen molar-refractivity contribution in [2.24, 2.45) is 0 Å². The third-order valence-corrected chi connectivity index (χ3v) is 3.49. The van der Waals surface area contributed by atoms with Crippen molar-refractivity contribution in [3.63, 3.8) is 0 Å². The summed E-state index contributed by atoms with van der Waals surface area (Å²) in [4.78, 5) is 12.1. The molecule has 1 heterocycles. The van der Waals surface area contributed by atoms with Gasteiger partial charge in [0, 0.05) is 9.13 Å². The van der Waals surface area contributed by atoms with E-state index in [9.17, 15) is 9.18 Å². The van der Waals surface area contributed by atoms with Crippen LogP contribution in [0.3, 0.4) is 0 Å². The smallest absolute Gasteiger partial charge is 0.255 e. The molecule has 102 valence electrons. The Morgan fingerprint density at radius 1 is 1.15 bits per heavy atom. The predicted octanol–water partition coefficient (Wildman–Crippen LogP) is 3.41. The molecule has 20 heavy (non-hydrogen) atoms. The molecule has 0 saturated carbocycles. The van der Waals surface area contributed by atoms with Crippen molar-refractivity contribution in [3.8, 4) is 11.5 Å². The molecule has 0 spiro atoms. The Labute approximate surface area is 128 Å². The summed E-state index contributed by atoms with van der Waals surface area (Å²) in [6.07, 6.45) is 0. The maximum absolute atomic E-state index is 13.7. The number of nitrogens with one attached hydrogen (secondary N) is 1. The van der Waals surface area contributed by atoms with Crippen molar-refractivity contribution >= 4 is 34.2 Å². The number of hydrogen-bond acceptors (Lipinski definition) is 3. The molecule has 1 N–H and O–H groups in total. The molecule has 1 aliphatic heterocycles. The van der Waals surface area contributed by atoms with Crippen molar-refractivity contribution < 1.29 is 18.7 Å². The molecule has 2 aromatic rings. The molecule has 1 amide bonds. The predicted molar refractivity (Wildman–Crippen MR) is 79.6 cm³/mol. The van der Waals surface area contributed by atoms with Crippen molar-refractivity contribution in [1.29, 1.82) is 0 Å². The van der Waals surface area contributed by atoms with E-state index in [2.05, 4.69) is 5.32 Å². The zero-order valence-corrected chi connectivity index (χ0v) is 12.3. The Morgan fingerprint density at radius 3 is 2.75 bits per heavy atom. The molecule has 0 aromatic heterocycles. The zero-order chi connectivity index (χ0) is 14.1. The van der Waals surface area contributed by atoms with E-state index >= 15 is 0 Å². The van der Waals surface area contributed by atoms with Crippen LogP contribution in [0.2, 0.25) is 0 Å². The summed E-state index contributed by atoms with van der Waals surface area (Å²) >= 11 is 2.00. The quantitative estimate of drug-likeness (QED) is 0.807. The average molecular weight is 385 g/mol. The van der Waals surface area contributed by atoms with Gasteiger partial charge in [0.2, 0.25) is 6.79 Å². The van der Waals surface area contributed by atoms with E-state index in [1.54, 1.807) is 24.3 Å². The first kappa shape index (κ1) is 13.2. The maximum atomic E-state index is 13.7. The zero-order valence-electron chi connectivity index (χ0n) is 10.2. The van der Waals surface area contributed by atoms with E-state index in [4.69, 9.17) is 9.47 Å². The molecule has 6 heteroatoms. The van der Waals surface area contributed by atoms with Crippen LogP contribution in [0.5, 0.6) is 11.5 Å². The molecule has 0 atom stereocenters. The number of fused-ring (bicyclic) bond motifs is 1. The van der Waals surface area contributed by atoms with Gasteiger partial charge in [-0.05, 0) is 59.0 Å². The number of halogens is 2. The topological polar surface area (TPSA) is 47.6 Å². The second-order valence-corrected chi connectivity index (χ2v) is 5.39. The number of anilines is 1. The van der Waals surface area contributed by atoms with Gasteiger partial charge < -0.3 is 14.8 Å². The number of carbonyl (C=O) groups is 1. The van der Waals surface area contributed by atoms with Crippen molar-refractivity contribution in [3.05, 3.63) is 51.3 Å². The van der Waals surface area contributed by atoms with Gasteiger partial charge in [-0.2, -0.15) is 0 Å². The fourth-order valence-electron chi connectivity index (χ4n) is 1.82. The van der Waals surface area contributed by atoms with Gasteiger partial charge in [0.25, 0.3) is 5.91 Å². The molecule has 3 rings (SSSR count). The summed E-state index contributed by atoms with van der Waals surface area (Å²) in [6.45, 7) is 0.145. The van der Waals surface area contributed by atoms with Crippen LogP contribution >= 0.6 is 22.6 Å². The van der Waals surface area contributed by atoms with Gasteiger partial charge in [0.1, 0.15) is 5.82 Å². The van der Waals surface area contributed by atoms with Gasteiger partial charge in [0.05, 0.1) is 5.69 Å². The first-order valence-electron chi connectivity index (χ1n) is 5.79. The highest BCUT2D eigenvalue weighted by Gasteiger charge is 2.17. The molecular formula is C14H9FINO3. The second kappa shape index (κ2) is 5.28. The Balaban J connectivity index is 1.82. The van der Waals surface area contributed by atoms with E-state index in [1.807, 2.05) is 22.6 Å². The van der Waals surface area contributed by atoms with Gasteiger partial charge >= 0.3 is 0 Å². The van der Waals surface area contributed by atoms with Crippen LogP contribution in [0.4, 0.5) is 10.1 Å². The third kappa shape index (κ3) is 2.55. The van der Waals surface area contributed by atoms with Crippen LogP contribution in [0.25, 0.3) is 0 Å². The van der Waals surface area contributed by atoms with Crippen LogP contribution < -0.4 is 14.8 Å². The number of hydrogen-bond donors (Lipinski definition) is 1. The number of benzene rings is 2. The normalized spacial score (nSPS) is 12.3. The molecule has 4 nitrogen and oxygen atoms in total. The van der Waals surface area contributed by atoms with Crippen LogP contribution in [0.15, 0.2) is 36.4 Å². The molecule has 1 aliphatic rings. The van der Waals surface area contributed by atoms with Crippen molar-refractivity contribution in [1.82, 2.24) is 0 Å². The molecule has 0 bridgehead atoms. The minimum Gasteiger partial charge on any atom is -0.454 e. The van der Waals surface area contributed by atoms with Crippen molar-refractivity contribution in [2.75, 3.05) is 12.1 Å². The largest absolute Gasteiger partial charge is 0.454 e. The number of rotatable bonds is 2. The number of amides is 1. The monoisotopic (exact) mass is 385 g/mol. The van der Waals surface area contributed by atoms with Crippen LogP contribution in [-0.4, -0.2) is 12.7 Å². The Morgan fingerprint density at radius 2 is 1.95 bits per heavy atom. The standard InChI is InChI=1S/C14H9FINO3/c15-10-6-9(16)2-3-11(10)17-14(18)8-1-4-12-13(5-8)20-7-19-12/h1-6H,7H2,(H,17,18). The third-order valence-electron chi connectivity index (χ3n) is 2.81. The summed E-state index contributed by atoms with van der Waals surface area (Å²) in [5.74, 6) is 0.247. The Kier molecular flexibility index (Phi) is 3.47. The second-order valence-electron chi connectivity index (χ2n) is 4.15. The highest BCUT2D eigenvalue weighted by atomic mass is 127. The summed E-state index contributed by atoms with van der Waals surface area (Å²) in [7, 11) is 0. The summed E-state index contributed by atoms with van der Waals surface area (Å²) in [6, 6.07) is 9.44. The summed E-state index contributed by atoms with van der Waals surface area (Å²) in [5, 5.41) is 2.53. The maximum Gasteiger partial charge on any atom is 0.255 e. The van der Waals surface area contributed by atoms with Crippen LogP contribution in [-0.2, 0) is 0 Å². The first-order valence-corrected chi connectivity index (χ1v) is 6.87. The molecule has 2 aromatic carbocycles. The van der Waals surface area contributed by atoms with Gasteiger partial charge in [0.15, 0.2) is 11.5 Å². The van der Waals surface area contributed by atoms with Gasteiger partial charge in [-0.1, -0.05) is 0 Å². The van der Waals surface area contributed by atoms with E-state index in [0.29, 0.717) is 17.1 Å². The minimum atomic E-state index is -0.467. The molecule has 0 unspecified atom stereocenters. The lowest BCUT2D eigenvalue weighted by Crippen LogP contribution is -2.13. The first-order chi connectivity index (χ1) is 9.63. The van der Waals surface area contributed by atoms with Crippen LogP contribution in [0.1, 0.15) is 10.4 Å². The fourth-order valence-corrected chi connectivity index (χ4v) is 2.28. The molecule has 0 fully saturated rings. The van der Waals surface area contributed by atoms with E-state index in [1.165, 1.54) is 12.1 Å². The van der Waals surface area contributed by atoms with Gasteiger partial charge in [-0.25, -0.2) is 4.39 Å². The van der Waals surface area contributed by atoms with E-state index < -0.39 is 11.7 Å². The lowest BCUT2D eigenvalue weighted by atomic mass is 10.2. The lowest BCUT2D eigenvalue weighted by molar-refractivity contribution is 0.102. The van der Waals surface area contributed by atoms with Gasteiger partial charge in [-0.3, -0.25) is 4.79 Å².